The number of alkyl halides is 3. The van der Waals surface area contributed by atoms with E-state index < -0.39 is 23.7 Å². The second-order valence-electron chi connectivity index (χ2n) is 4.99. The van der Waals surface area contributed by atoms with Gasteiger partial charge in [-0.3, -0.25) is 4.79 Å². The largest absolute Gasteiger partial charge is 0.491 e. The lowest BCUT2D eigenvalue weighted by atomic mass is 10.1. The Morgan fingerprint density at radius 3 is 2.43 bits per heavy atom. The summed E-state index contributed by atoms with van der Waals surface area (Å²) < 4.78 is 44.4. The lowest BCUT2D eigenvalue weighted by Crippen LogP contribution is -2.38. The van der Waals surface area contributed by atoms with Gasteiger partial charge in [0.1, 0.15) is 5.75 Å². The topological polar surface area (TPSA) is 64.3 Å². The Balaban J connectivity index is 3.00. The quantitative estimate of drug-likeness (QED) is 0.878. The molecule has 1 amide bonds. The van der Waals surface area contributed by atoms with Crippen LogP contribution in [-0.2, 0) is 17.5 Å². The normalized spacial score (nSPS) is 13.1. The molecule has 0 saturated carbocycles. The monoisotopic (exact) mass is 304 g/mol. The van der Waals surface area contributed by atoms with Crippen LogP contribution in [0.4, 0.5) is 13.2 Å². The van der Waals surface area contributed by atoms with Crippen LogP contribution in [0.1, 0.15) is 31.9 Å². The van der Waals surface area contributed by atoms with Crippen molar-refractivity contribution in [3.8, 4) is 5.75 Å². The maximum Gasteiger partial charge on any atom is 0.416 e. The van der Waals surface area contributed by atoms with Crippen LogP contribution in [0.25, 0.3) is 0 Å². The third kappa shape index (κ3) is 5.26. The van der Waals surface area contributed by atoms with E-state index in [1.54, 1.807) is 13.8 Å². The zero-order valence-electron chi connectivity index (χ0n) is 12.1. The molecule has 0 heterocycles. The number of hydrogen-bond acceptors (Lipinski definition) is 3. The van der Waals surface area contributed by atoms with E-state index >= 15 is 0 Å². The molecule has 0 aliphatic rings. The summed E-state index contributed by atoms with van der Waals surface area (Å²) >= 11 is 0. The maximum atomic E-state index is 13.1. The first-order valence-electron chi connectivity index (χ1n) is 6.51. The van der Waals surface area contributed by atoms with Crippen molar-refractivity contribution in [2.45, 2.75) is 45.6 Å². The molecule has 0 unspecified atom stereocenters. The van der Waals surface area contributed by atoms with Gasteiger partial charge in [0.25, 0.3) is 0 Å². The molecule has 0 aliphatic carbocycles. The van der Waals surface area contributed by atoms with Gasteiger partial charge in [0.15, 0.2) is 0 Å². The molecule has 4 nitrogen and oxygen atoms in total. The molecule has 1 aromatic rings. The molecule has 0 aromatic heterocycles. The summed E-state index contributed by atoms with van der Waals surface area (Å²) in [6.45, 7) is 4.67. The van der Waals surface area contributed by atoms with Crippen LogP contribution in [0.3, 0.4) is 0 Å². The number of benzene rings is 1. The third-order valence-electron chi connectivity index (χ3n) is 2.63. The van der Waals surface area contributed by atoms with E-state index in [1.807, 2.05) is 0 Å². The van der Waals surface area contributed by atoms with Crippen LogP contribution in [0, 0.1) is 0 Å². The molecule has 0 fully saturated rings. The summed E-state index contributed by atoms with van der Waals surface area (Å²) in [5, 5.41) is 2.37. The molecule has 0 bridgehead atoms. The number of ether oxygens (including phenoxy) is 1. The van der Waals surface area contributed by atoms with Crippen molar-refractivity contribution >= 4 is 5.91 Å². The van der Waals surface area contributed by atoms with E-state index in [2.05, 4.69) is 5.32 Å². The van der Waals surface area contributed by atoms with Gasteiger partial charge in [0, 0.05) is 6.54 Å². The number of rotatable bonds is 5. The summed E-state index contributed by atoms with van der Waals surface area (Å²) in [5.41, 5.74) is 4.49. The Bertz CT molecular complexity index is 499. The van der Waals surface area contributed by atoms with Crippen molar-refractivity contribution in [3.05, 3.63) is 29.3 Å². The number of carbonyl (C=O) groups is 1. The van der Waals surface area contributed by atoms with Gasteiger partial charge in [-0.1, -0.05) is 6.07 Å². The highest BCUT2D eigenvalue weighted by Crippen LogP contribution is 2.34. The molecule has 3 N–H and O–H groups in total. The fraction of sp³-hybridized carbons (Fsp3) is 0.500. The highest BCUT2D eigenvalue weighted by molar-refractivity contribution is 5.80. The molecule has 1 atom stereocenters. The van der Waals surface area contributed by atoms with E-state index in [0.29, 0.717) is 0 Å². The molecule has 0 aliphatic heterocycles. The summed E-state index contributed by atoms with van der Waals surface area (Å²) in [4.78, 5) is 11.3. The first-order chi connectivity index (χ1) is 9.61. The van der Waals surface area contributed by atoms with Crippen LogP contribution in [0.5, 0.6) is 5.75 Å². The maximum absolute atomic E-state index is 13.1. The van der Waals surface area contributed by atoms with Gasteiger partial charge >= 0.3 is 6.18 Å². The molecule has 0 radical (unpaired) electrons. The first kappa shape index (κ1) is 17.3. The van der Waals surface area contributed by atoms with Crippen LogP contribution in [0.2, 0.25) is 0 Å². The number of carbonyl (C=O) groups excluding carboxylic acids is 1. The van der Waals surface area contributed by atoms with E-state index in [4.69, 9.17) is 10.5 Å². The summed E-state index contributed by atoms with van der Waals surface area (Å²) in [7, 11) is 0. The van der Waals surface area contributed by atoms with Gasteiger partial charge in [-0.25, -0.2) is 0 Å². The minimum Gasteiger partial charge on any atom is -0.491 e. The fourth-order valence-corrected chi connectivity index (χ4v) is 1.66. The zero-order chi connectivity index (χ0) is 16.2. The van der Waals surface area contributed by atoms with Crippen LogP contribution >= 0.6 is 0 Å². The van der Waals surface area contributed by atoms with Gasteiger partial charge in [0.2, 0.25) is 5.91 Å². The Morgan fingerprint density at radius 1 is 1.33 bits per heavy atom. The first-order valence-corrected chi connectivity index (χ1v) is 6.51. The lowest BCUT2D eigenvalue weighted by Gasteiger charge is -2.17. The number of hydrogen-bond donors (Lipinski definition) is 2. The molecule has 7 heteroatoms. The highest BCUT2D eigenvalue weighted by Gasteiger charge is 2.34. The van der Waals surface area contributed by atoms with Crippen LogP contribution in [-0.4, -0.2) is 18.1 Å². The van der Waals surface area contributed by atoms with Crippen molar-refractivity contribution in [1.29, 1.82) is 0 Å². The molecule has 0 spiro atoms. The van der Waals surface area contributed by atoms with E-state index in [9.17, 15) is 18.0 Å². The standard InChI is InChI=1S/C14H19F3N2O2/c1-8(2)21-11-5-4-10(7-19-13(20)9(3)18)12(6-11)14(15,16)17/h4-6,8-9H,7,18H2,1-3H3,(H,19,20)/t9-/m0/s1. The second kappa shape index (κ2) is 6.80. The Labute approximate surface area is 121 Å². The van der Waals surface area contributed by atoms with Crippen molar-refractivity contribution in [2.75, 3.05) is 0 Å². The Hall–Kier alpha value is -1.76. The minimum atomic E-state index is -4.52. The molecule has 1 aromatic carbocycles. The summed E-state index contributed by atoms with van der Waals surface area (Å²) in [5.74, 6) is -0.370. The van der Waals surface area contributed by atoms with Gasteiger partial charge in [-0.15, -0.1) is 0 Å². The van der Waals surface area contributed by atoms with Crippen molar-refractivity contribution < 1.29 is 22.7 Å². The number of halogens is 3. The van der Waals surface area contributed by atoms with Gasteiger partial charge in [0.05, 0.1) is 17.7 Å². The fourth-order valence-electron chi connectivity index (χ4n) is 1.66. The van der Waals surface area contributed by atoms with Gasteiger partial charge < -0.3 is 15.8 Å². The SMILES string of the molecule is CC(C)Oc1ccc(CNC(=O)[C@H](C)N)c(C(F)(F)F)c1. The molecular formula is C14H19F3N2O2. The van der Waals surface area contributed by atoms with Crippen molar-refractivity contribution in [3.63, 3.8) is 0 Å². The Morgan fingerprint density at radius 2 is 1.95 bits per heavy atom. The van der Waals surface area contributed by atoms with Crippen LogP contribution < -0.4 is 15.8 Å². The average Bonchev–Trinajstić information content (AvgIpc) is 2.34. The predicted molar refractivity (Wildman–Crippen MR) is 72.7 cm³/mol. The molecule has 118 valence electrons. The summed E-state index contributed by atoms with van der Waals surface area (Å²) in [6.07, 6.45) is -4.75. The smallest absolute Gasteiger partial charge is 0.416 e. The molecular weight excluding hydrogens is 285 g/mol. The summed E-state index contributed by atoms with van der Waals surface area (Å²) in [6, 6.07) is 2.90. The molecule has 1 rings (SSSR count). The molecule has 0 saturated heterocycles. The second-order valence-corrected chi connectivity index (χ2v) is 4.99. The minimum absolute atomic E-state index is 0.0346. The third-order valence-corrected chi connectivity index (χ3v) is 2.63. The van der Waals surface area contributed by atoms with E-state index in [-0.39, 0.29) is 24.0 Å². The van der Waals surface area contributed by atoms with E-state index in [0.717, 1.165) is 6.07 Å². The average molecular weight is 304 g/mol. The zero-order valence-corrected chi connectivity index (χ0v) is 12.1. The number of amides is 1. The van der Waals surface area contributed by atoms with Crippen molar-refractivity contribution in [1.82, 2.24) is 5.32 Å². The number of nitrogens with one attached hydrogen (secondary N) is 1. The van der Waals surface area contributed by atoms with E-state index in [1.165, 1.54) is 19.1 Å². The predicted octanol–water partition coefficient (Wildman–Crippen LogP) is 2.46. The van der Waals surface area contributed by atoms with Crippen molar-refractivity contribution in [2.24, 2.45) is 5.73 Å². The Kier molecular flexibility index (Phi) is 5.60. The lowest BCUT2D eigenvalue weighted by molar-refractivity contribution is -0.138. The van der Waals surface area contributed by atoms with Gasteiger partial charge in [-0.2, -0.15) is 13.2 Å². The number of nitrogens with two attached hydrogens (primary N) is 1. The molecule has 21 heavy (non-hydrogen) atoms. The van der Waals surface area contributed by atoms with Crippen LogP contribution in [0.15, 0.2) is 18.2 Å². The van der Waals surface area contributed by atoms with Gasteiger partial charge in [-0.05, 0) is 38.5 Å². The highest BCUT2D eigenvalue weighted by atomic mass is 19.4.